The highest BCUT2D eigenvalue weighted by molar-refractivity contribution is 5.85. The zero-order chi connectivity index (χ0) is 10.6. The van der Waals surface area contributed by atoms with Gasteiger partial charge in [-0.25, -0.2) is 0 Å². The Morgan fingerprint density at radius 2 is 2.43 bits per heavy atom. The predicted octanol–water partition coefficient (Wildman–Crippen LogP) is -0.928. The highest BCUT2D eigenvalue weighted by Crippen LogP contribution is 2.01. The smallest absolute Gasteiger partial charge is 0.239 e. The lowest BCUT2D eigenvalue weighted by molar-refractivity contribution is -0.138. The number of hydrogen-bond donors (Lipinski definition) is 2. The van der Waals surface area contributed by atoms with E-state index in [1.165, 1.54) is 0 Å². The Labute approximate surface area is 83.6 Å². The summed E-state index contributed by atoms with van der Waals surface area (Å²) >= 11 is 0. The summed E-state index contributed by atoms with van der Waals surface area (Å²) in [6.45, 7) is 3.24. The van der Waals surface area contributed by atoms with Crippen LogP contribution in [-0.2, 0) is 9.59 Å². The first-order chi connectivity index (χ1) is 6.59. The molecule has 0 aromatic carbocycles. The van der Waals surface area contributed by atoms with E-state index in [0.717, 1.165) is 0 Å². The van der Waals surface area contributed by atoms with Crippen LogP contribution in [0.4, 0.5) is 0 Å². The molecule has 0 spiro atoms. The lowest BCUT2D eigenvalue weighted by atomic mass is 10.2. The highest BCUT2D eigenvalue weighted by Gasteiger charge is 2.20. The van der Waals surface area contributed by atoms with Crippen LogP contribution in [0.15, 0.2) is 0 Å². The Hall–Kier alpha value is -1.10. The Bertz CT molecular complexity index is 228. The average Bonchev–Trinajstić information content (AvgIpc) is 2.14. The third-order valence-corrected chi connectivity index (χ3v) is 2.20. The van der Waals surface area contributed by atoms with Crippen LogP contribution in [0, 0.1) is 0 Å². The van der Waals surface area contributed by atoms with E-state index in [9.17, 15) is 9.59 Å². The van der Waals surface area contributed by atoms with Gasteiger partial charge in [0.15, 0.2) is 0 Å². The molecule has 5 heteroatoms. The number of hydrogen-bond acceptors (Lipinski definition) is 3. The number of carbonyl (C=O) groups excluding carboxylic acids is 2. The summed E-state index contributed by atoms with van der Waals surface area (Å²) in [7, 11) is 0. The SMILES string of the molecule is CC(N)CCC(=O)N1CCNC(=O)C1. The van der Waals surface area contributed by atoms with Gasteiger partial charge in [0.1, 0.15) is 0 Å². The molecule has 1 heterocycles. The van der Waals surface area contributed by atoms with Crippen molar-refractivity contribution in [1.82, 2.24) is 10.2 Å². The minimum absolute atomic E-state index is 0.0251. The molecule has 14 heavy (non-hydrogen) atoms. The Balaban J connectivity index is 2.32. The molecule has 1 aliphatic heterocycles. The summed E-state index contributed by atoms with van der Waals surface area (Å²) in [6, 6.07) is 0.0394. The summed E-state index contributed by atoms with van der Waals surface area (Å²) in [6.07, 6.45) is 1.11. The second-order valence-corrected chi connectivity index (χ2v) is 3.68. The molecule has 0 radical (unpaired) electrons. The topological polar surface area (TPSA) is 75.4 Å². The van der Waals surface area contributed by atoms with E-state index in [1.54, 1.807) is 4.90 Å². The third-order valence-electron chi connectivity index (χ3n) is 2.20. The largest absolute Gasteiger partial charge is 0.353 e. The van der Waals surface area contributed by atoms with Gasteiger partial charge in [0.25, 0.3) is 0 Å². The average molecular weight is 199 g/mol. The normalized spacial score (nSPS) is 19.0. The Kier molecular flexibility index (Phi) is 3.88. The second kappa shape index (κ2) is 4.95. The first kappa shape index (κ1) is 11.0. The van der Waals surface area contributed by atoms with Crippen LogP contribution in [0.25, 0.3) is 0 Å². The van der Waals surface area contributed by atoms with Crippen LogP contribution in [0.5, 0.6) is 0 Å². The minimum Gasteiger partial charge on any atom is -0.353 e. The molecule has 5 nitrogen and oxygen atoms in total. The van der Waals surface area contributed by atoms with E-state index >= 15 is 0 Å². The van der Waals surface area contributed by atoms with Crippen LogP contribution in [-0.4, -0.2) is 42.4 Å². The summed E-state index contributed by atoms with van der Waals surface area (Å²) in [5.74, 6) is -0.0532. The number of rotatable bonds is 3. The molecule has 1 fully saturated rings. The van der Waals surface area contributed by atoms with Gasteiger partial charge < -0.3 is 16.0 Å². The van der Waals surface area contributed by atoms with Gasteiger partial charge in [-0.1, -0.05) is 0 Å². The molecule has 0 aromatic rings. The molecule has 1 saturated heterocycles. The van der Waals surface area contributed by atoms with Gasteiger partial charge in [0.05, 0.1) is 6.54 Å². The van der Waals surface area contributed by atoms with Crippen molar-refractivity contribution >= 4 is 11.8 Å². The van der Waals surface area contributed by atoms with Crippen molar-refractivity contribution in [3.8, 4) is 0 Å². The fraction of sp³-hybridized carbons (Fsp3) is 0.778. The molecule has 1 rings (SSSR count). The molecule has 1 unspecified atom stereocenters. The van der Waals surface area contributed by atoms with Gasteiger partial charge in [-0.05, 0) is 13.3 Å². The van der Waals surface area contributed by atoms with Crippen molar-refractivity contribution in [3.63, 3.8) is 0 Å². The molecule has 1 aliphatic rings. The van der Waals surface area contributed by atoms with Crippen LogP contribution in [0.2, 0.25) is 0 Å². The van der Waals surface area contributed by atoms with Crippen LogP contribution in [0.3, 0.4) is 0 Å². The molecule has 2 amide bonds. The fourth-order valence-corrected chi connectivity index (χ4v) is 1.36. The molecule has 1 atom stereocenters. The van der Waals surface area contributed by atoms with Crippen LogP contribution in [0.1, 0.15) is 19.8 Å². The van der Waals surface area contributed by atoms with E-state index in [0.29, 0.717) is 25.9 Å². The monoisotopic (exact) mass is 199 g/mol. The molecule has 3 N–H and O–H groups in total. The number of piperazine rings is 1. The number of nitrogens with one attached hydrogen (secondary N) is 1. The van der Waals surface area contributed by atoms with Crippen molar-refractivity contribution in [2.45, 2.75) is 25.8 Å². The number of amides is 2. The minimum atomic E-state index is -0.0783. The van der Waals surface area contributed by atoms with Gasteiger partial charge in [0, 0.05) is 25.6 Å². The summed E-state index contributed by atoms with van der Waals surface area (Å²) < 4.78 is 0. The zero-order valence-electron chi connectivity index (χ0n) is 8.45. The summed E-state index contributed by atoms with van der Waals surface area (Å²) in [4.78, 5) is 24.1. The number of nitrogens with zero attached hydrogens (tertiary/aromatic N) is 1. The van der Waals surface area contributed by atoms with Gasteiger partial charge in [0.2, 0.25) is 11.8 Å². The Morgan fingerprint density at radius 1 is 1.71 bits per heavy atom. The molecular formula is C9H17N3O2. The van der Waals surface area contributed by atoms with Gasteiger partial charge >= 0.3 is 0 Å². The van der Waals surface area contributed by atoms with Gasteiger partial charge in [-0.3, -0.25) is 9.59 Å². The van der Waals surface area contributed by atoms with Crippen molar-refractivity contribution in [2.24, 2.45) is 5.73 Å². The molecule has 0 aromatic heterocycles. The van der Waals surface area contributed by atoms with E-state index in [-0.39, 0.29) is 24.4 Å². The van der Waals surface area contributed by atoms with Crippen LogP contribution >= 0.6 is 0 Å². The molecular weight excluding hydrogens is 182 g/mol. The van der Waals surface area contributed by atoms with E-state index in [4.69, 9.17) is 5.73 Å². The maximum absolute atomic E-state index is 11.5. The lowest BCUT2D eigenvalue weighted by Crippen LogP contribution is -2.50. The maximum Gasteiger partial charge on any atom is 0.239 e. The first-order valence-corrected chi connectivity index (χ1v) is 4.89. The van der Waals surface area contributed by atoms with Crippen molar-refractivity contribution < 1.29 is 9.59 Å². The maximum atomic E-state index is 11.5. The third kappa shape index (κ3) is 3.33. The quantitative estimate of drug-likeness (QED) is 0.616. The molecule has 80 valence electrons. The molecule has 0 saturated carbocycles. The molecule has 0 bridgehead atoms. The Morgan fingerprint density at radius 3 is 3.00 bits per heavy atom. The zero-order valence-corrected chi connectivity index (χ0v) is 8.45. The van der Waals surface area contributed by atoms with Crippen molar-refractivity contribution in [2.75, 3.05) is 19.6 Å². The first-order valence-electron chi connectivity index (χ1n) is 4.89. The summed E-state index contributed by atoms with van der Waals surface area (Å²) in [5, 5.41) is 2.67. The van der Waals surface area contributed by atoms with Gasteiger partial charge in [-0.15, -0.1) is 0 Å². The van der Waals surface area contributed by atoms with E-state index in [1.807, 2.05) is 6.92 Å². The predicted molar refractivity (Wildman–Crippen MR) is 52.5 cm³/mol. The van der Waals surface area contributed by atoms with E-state index in [2.05, 4.69) is 5.32 Å². The highest BCUT2D eigenvalue weighted by atomic mass is 16.2. The number of carbonyl (C=O) groups is 2. The fourth-order valence-electron chi connectivity index (χ4n) is 1.36. The lowest BCUT2D eigenvalue weighted by Gasteiger charge is -2.26. The van der Waals surface area contributed by atoms with E-state index < -0.39 is 0 Å². The van der Waals surface area contributed by atoms with Gasteiger partial charge in [-0.2, -0.15) is 0 Å². The number of nitrogens with two attached hydrogens (primary N) is 1. The van der Waals surface area contributed by atoms with Crippen LogP contribution < -0.4 is 11.1 Å². The molecule has 0 aliphatic carbocycles. The van der Waals surface area contributed by atoms with Crippen molar-refractivity contribution in [3.05, 3.63) is 0 Å². The standard InChI is InChI=1S/C9H17N3O2/c1-7(10)2-3-9(14)12-5-4-11-8(13)6-12/h7H,2-6,10H2,1H3,(H,11,13). The summed E-state index contributed by atoms with van der Waals surface area (Å²) in [5.41, 5.74) is 5.55. The second-order valence-electron chi connectivity index (χ2n) is 3.68. The van der Waals surface area contributed by atoms with Crippen molar-refractivity contribution in [1.29, 1.82) is 0 Å².